The van der Waals surface area contributed by atoms with Crippen LogP contribution in [0.25, 0.3) is 72.9 Å². The number of benzene rings is 8. The molecule has 0 aromatic heterocycles. The van der Waals surface area contributed by atoms with Crippen molar-refractivity contribution in [1.29, 1.82) is 0 Å². The van der Waals surface area contributed by atoms with Gasteiger partial charge in [-0.25, -0.2) is 0 Å². The third kappa shape index (κ3) is 10.2. The van der Waals surface area contributed by atoms with E-state index in [0.717, 1.165) is 50.2 Å². The Labute approximate surface area is 361 Å². The summed E-state index contributed by atoms with van der Waals surface area (Å²) in [6.45, 7) is 8.08. The predicted octanol–water partition coefficient (Wildman–Crippen LogP) is 16.5. The second-order valence-corrected chi connectivity index (χ2v) is 14.8. The Bertz CT molecular complexity index is 2780. The second kappa shape index (κ2) is 19.6. The quantitative estimate of drug-likeness (QED) is 0.108. The zero-order valence-corrected chi connectivity index (χ0v) is 34.2. The minimum absolute atomic E-state index is 1.00. The van der Waals surface area contributed by atoms with Gasteiger partial charge >= 0.3 is 0 Å². The molecule has 0 aliphatic rings. The zero-order valence-electron chi connectivity index (χ0n) is 34.2. The van der Waals surface area contributed by atoms with E-state index in [4.69, 9.17) is 0 Å². The SMILES string of the molecule is C=C/C=C(\C=C)c1cc(C(/C=C\c2ccc(-c3ccccc3)cc2)=C/C=C/Nc2ccc(-c3cc(-c4ccccc4)cc(-c4ccccc4)c3)cc2)cc(-c2ccccc2)c1. The molecular formula is C60H47N. The van der Waals surface area contributed by atoms with Crippen molar-refractivity contribution in [3.8, 4) is 55.6 Å². The van der Waals surface area contributed by atoms with E-state index in [-0.39, 0.29) is 0 Å². The maximum Gasteiger partial charge on any atom is 0.0380 e. The molecule has 1 N–H and O–H groups in total. The lowest BCUT2D eigenvalue weighted by Crippen LogP contribution is -1.91. The van der Waals surface area contributed by atoms with E-state index in [0.29, 0.717) is 0 Å². The third-order valence-electron chi connectivity index (χ3n) is 10.7. The van der Waals surface area contributed by atoms with Crippen LogP contribution >= 0.6 is 0 Å². The fourth-order valence-electron chi connectivity index (χ4n) is 7.46. The molecule has 0 saturated carbocycles. The normalized spacial score (nSPS) is 11.8. The molecule has 0 bridgehead atoms. The second-order valence-electron chi connectivity index (χ2n) is 14.8. The number of rotatable bonds is 14. The standard InChI is InChI=1S/C60H47N/c1-3-18-46(4-2)54-39-55(48-21-11-6-12-22-48)42-58(40-54)51(31-28-45-29-32-52(33-30-45)47-19-9-5-10-20-47)27-17-38-61-60-36-34-53(35-37-60)59-43-56(49-23-13-7-14-24-49)41-57(44-59)50-25-15-8-16-26-50/h3-44,61H,1-2H2/b31-28-,38-17+,46-18+,51-27+. The van der Waals surface area contributed by atoms with Gasteiger partial charge in [0.25, 0.3) is 0 Å². The van der Waals surface area contributed by atoms with Crippen molar-refractivity contribution in [1.82, 2.24) is 0 Å². The summed E-state index contributed by atoms with van der Waals surface area (Å²) in [6, 6.07) is 73.1. The molecule has 1 nitrogen and oxygen atoms in total. The summed E-state index contributed by atoms with van der Waals surface area (Å²) in [5.41, 5.74) is 18.2. The number of hydrogen-bond acceptors (Lipinski definition) is 1. The zero-order chi connectivity index (χ0) is 41.6. The van der Waals surface area contributed by atoms with Crippen LogP contribution in [0.2, 0.25) is 0 Å². The van der Waals surface area contributed by atoms with Crippen LogP contribution in [-0.2, 0) is 0 Å². The molecule has 8 rings (SSSR count). The van der Waals surface area contributed by atoms with Gasteiger partial charge in [-0.05, 0) is 138 Å². The van der Waals surface area contributed by atoms with Crippen molar-refractivity contribution in [2.75, 3.05) is 5.32 Å². The van der Waals surface area contributed by atoms with Gasteiger partial charge in [-0.3, -0.25) is 0 Å². The molecule has 1 heteroatoms. The molecule has 61 heavy (non-hydrogen) atoms. The molecule has 0 heterocycles. The van der Waals surface area contributed by atoms with Gasteiger partial charge < -0.3 is 5.32 Å². The summed E-state index contributed by atoms with van der Waals surface area (Å²) >= 11 is 0. The molecule has 292 valence electrons. The highest BCUT2D eigenvalue weighted by molar-refractivity contribution is 5.87. The first-order valence-electron chi connectivity index (χ1n) is 20.6. The topological polar surface area (TPSA) is 12.0 Å². The molecule has 0 fully saturated rings. The van der Waals surface area contributed by atoms with E-state index >= 15 is 0 Å². The first-order valence-corrected chi connectivity index (χ1v) is 20.6. The maximum atomic E-state index is 4.12. The van der Waals surface area contributed by atoms with Gasteiger partial charge in [0, 0.05) is 11.9 Å². The molecule has 0 unspecified atom stereocenters. The fourth-order valence-corrected chi connectivity index (χ4v) is 7.46. The maximum absolute atomic E-state index is 4.12. The lowest BCUT2D eigenvalue weighted by molar-refractivity contribution is 1.53. The van der Waals surface area contributed by atoms with Crippen LogP contribution in [0.15, 0.2) is 262 Å². The molecule has 0 aliphatic heterocycles. The number of allylic oxidation sites excluding steroid dienone is 8. The largest absolute Gasteiger partial charge is 0.362 e. The van der Waals surface area contributed by atoms with E-state index in [9.17, 15) is 0 Å². The predicted molar refractivity (Wildman–Crippen MR) is 265 cm³/mol. The van der Waals surface area contributed by atoms with Crippen molar-refractivity contribution >= 4 is 22.9 Å². The van der Waals surface area contributed by atoms with Crippen molar-refractivity contribution in [2.45, 2.75) is 0 Å². The molecule has 0 saturated heterocycles. The summed E-state index contributed by atoms with van der Waals surface area (Å²) in [4.78, 5) is 0. The Hall–Kier alpha value is -8.00. The van der Waals surface area contributed by atoms with Crippen molar-refractivity contribution in [3.05, 3.63) is 279 Å². The van der Waals surface area contributed by atoms with Gasteiger partial charge in [-0.15, -0.1) is 0 Å². The third-order valence-corrected chi connectivity index (χ3v) is 10.7. The summed E-state index contributed by atoms with van der Waals surface area (Å²) in [7, 11) is 0. The summed E-state index contributed by atoms with van der Waals surface area (Å²) in [6.07, 6.45) is 16.3. The Morgan fingerprint density at radius 1 is 0.377 bits per heavy atom. The van der Waals surface area contributed by atoms with Gasteiger partial charge in [-0.2, -0.15) is 0 Å². The Kier molecular flexibility index (Phi) is 12.8. The van der Waals surface area contributed by atoms with Gasteiger partial charge in [0.05, 0.1) is 0 Å². The first kappa shape index (κ1) is 39.8. The molecule has 0 amide bonds. The number of hydrogen-bond donors (Lipinski definition) is 1. The van der Waals surface area contributed by atoms with E-state index in [1.54, 1.807) is 0 Å². The average Bonchev–Trinajstić information content (AvgIpc) is 3.34. The molecule has 0 radical (unpaired) electrons. The van der Waals surface area contributed by atoms with Crippen LogP contribution < -0.4 is 5.32 Å². The van der Waals surface area contributed by atoms with E-state index in [1.807, 2.05) is 30.5 Å². The van der Waals surface area contributed by atoms with Crippen LogP contribution in [0.5, 0.6) is 0 Å². The molecular weight excluding hydrogens is 735 g/mol. The minimum Gasteiger partial charge on any atom is -0.362 e. The van der Waals surface area contributed by atoms with E-state index in [2.05, 4.69) is 243 Å². The van der Waals surface area contributed by atoms with E-state index < -0.39 is 0 Å². The lowest BCUT2D eigenvalue weighted by Gasteiger charge is -2.12. The highest BCUT2D eigenvalue weighted by Crippen LogP contribution is 2.34. The van der Waals surface area contributed by atoms with Crippen molar-refractivity contribution < 1.29 is 0 Å². The molecule has 0 atom stereocenters. The minimum atomic E-state index is 1.00. The highest BCUT2D eigenvalue weighted by Gasteiger charge is 2.10. The molecule has 8 aromatic rings. The first-order chi connectivity index (χ1) is 30.1. The summed E-state index contributed by atoms with van der Waals surface area (Å²) in [5, 5.41) is 3.51. The highest BCUT2D eigenvalue weighted by atomic mass is 14.8. The average molecular weight is 782 g/mol. The number of nitrogens with one attached hydrogen (secondary N) is 1. The molecule has 0 aliphatic carbocycles. The van der Waals surface area contributed by atoms with Gasteiger partial charge in [-0.1, -0.05) is 207 Å². The summed E-state index contributed by atoms with van der Waals surface area (Å²) in [5.74, 6) is 0. The van der Waals surface area contributed by atoms with Crippen LogP contribution in [0.1, 0.15) is 16.7 Å². The van der Waals surface area contributed by atoms with Gasteiger partial charge in [0.2, 0.25) is 0 Å². The van der Waals surface area contributed by atoms with E-state index in [1.165, 1.54) is 38.9 Å². The Morgan fingerprint density at radius 2 is 0.787 bits per heavy atom. The fraction of sp³-hybridized carbons (Fsp3) is 0. The summed E-state index contributed by atoms with van der Waals surface area (Å²) < 4.78 is 0. The van der Waals surface area contributed by atoms with Crippen LogP contribution in [0.3, 0.4) is 0 Å². The van der Waals surface area contributed by atoms with Gasteiger partial charge in [0.15, 0.2) is 0 Å². The monoisotopic (exact) mass is 781 g/mol. The Balaban J connectivity index is 1.10. The van der Waals surface area contributed by atoms with Crippen molar-refractivity contribution in [2.24, 2.45) is 0 Å². The molecule has 8 aromatic carbocycles. The molecule has 0 spiro atoms. The van der Waals surface area contributed by atoms with Crippen LogP contribution in [-0.4, -0.2) is 0 Å². The Morgan fingerprint density at radius 3 is 1.26 bits per heavy atom. The number of anilines is 1. The van der Waals surface area contributed by atoms with Crippen molar-refractivity contribution in [3.63, 3.8) is 0 Å². The van der Waals surface area contributed by atoms with Crippen LogP contribution in [0.4, 0.5) is 5.69 Å². The smallest absolute Gasteiger partial charge is 0.0380 e. The van der Waals surface area contributed by atoms with Gasteiger partial charge in [0.1, 0.15) is 0 Å². The van der Waals surface area contributed by atoms with Crippen LogP contribution in [0, 0.1) is 0 Å². The lowest BCUT2D eigenvalue weighted by atomic mass is 9.92.